The van der Waals surface area contributed by atoms with Crippen molar-refractivity contribution in [3.05, 3.63) is 72.6 Å². The number of carbonyl (C=O) groups is 1. The van der Waals surface area contributed by atoms with E-state index in [2.05, 4.69) is 20.2 Å². The van der Waals surface area contributed by atoms with Crippen LogP contribution in [-0.4, -0.2) is 63.9 Å². The quantitative estimate of drug-likeness (QED) is 0.511. The highest BCUT2D eigenvalue weighted by atomic mass is 16.5. The molecule has 0 aliphatic carbocycles. The molecular formula is C23H22N6O2. The topological polar surface area (TPSA) is 75.9 Å². The van der Waals surface area contributed by atoms with E-state index in [4.69, 9.17) is 4.74 Å². The largest absolute Gasteiger partial charge is 0.497 e. The van der Waals surface area contributed by atoms with Crippen LogP contribution < -0.4 is 9.64 Å². The minimum atomic E-state index is 0.0709. The second-order valence-electron chi connectivity index (χ2n) is 7.39. The zero-order chi connectivity index (χ0) is 21.2. The van der Waals surface area contributed by atoms with E-state index in [1.807, 2.05) is 65.6 Å². The van der Waals surface area contributed by atoms with Crippen LogP contribution in [0.2, 0.25) is 0 Å². The van der Waals surface area contributed by atoms with Crippen molar-refractivity contribution in [3.8, 4) is 17.0 Å². The summed E-state index contributed by atoms with van der Waals surface area (Å²) in [6.07, 6.45) is 1.61. The number of anilines is 1. The SMILES string of the molecule is COc1ccc(-c2cc(N3CCN(C(=O)c4ccccc4)CC3)c3nncn3n2)cc1. The molecule has 5 rings (SSSR count). The number of methoxy groups -OCH3 is 1. The predicted octanol–water partition coefficient (Wildman–Crippen LogP) is 2.76. The highest BCUT2D eigenvalue weighted by Crippen LogP contribution is 2.28. The number of hydrogen-bond acceptors (Lipinski definition) is 6. The standard InChI is InChI=1S/C23H22N6O2/c1-31-19-9-7-17(8-10-19)20-15-21(22-25-24-16-29(22)26-20)27-11-13-28(14-12-27)23(30)18-5-3-2-4-6-18/h2-10,15-16H,11-14H2,1H3. The van der Waals surface area contributed by atoms with Crippen molar-refractivity contribution in [2.24, 2.45) is 0 Å². The molecule has 0 bridgehead atoms. The number of carbonyl (C=O) groups excluding carboxylic acids is 1. The van der Waals surface area contributed by atoms with Crippen molar-refractivity contribution in [2.75, 3.05) is 38.2 Å². The summed E-state index contributed by atoms with van der Waals surface area (Å²) < 4.78 is 6.96. The number of amides is 1. The van der Waals surface area contributed by atoms with Gasteiger partial charge in [0.25, 0.3) is 5.91 Å². The molecule has 4 aromatic rings. The Bertz CT molecular complexity index is 1200. The van der Waals surface area contributed by atoms with Crippen molar-refractivity contribution < 1.29 is 9.53 Å². The smallest absolute Gasteiger partial charge is 0.253 e. The second-order valence-corrected chi connectivity index (χ2v) is 7.39. The molecule has 0 radical (unpaired) electrons. The Kier molecular flexibility index (Phi) is 4.95. The molecule has 1 fully saturated rings. The van der Waals surface area contributed by atoms with E-state index in [0.29, 0.717) is 31.8 Å². The molecule has 8 nitrogen and oxygen atoms in total. The number of aromatic nitrogens is 4. The van der Waals surface area contributed by atoms with Gasteiger partial charge < -0.3 is 14.5 Å². The Morgan fingerprint density at radius 3 is 2.42 bits per heavy atom. The Morgan fingerprint density at radius 2 is 1.71 bits per heavy atom. The van der Waals surface area contributed by atoms with Gasteiger partial charge in [0.15, 0.2) is 0 Å². The molecule has 0 atom stereocenters. The van der Waals surface area contributed by atoms with Gasteiger partial charge in [0, 0.05) is 37.3 Å². The molecular weight excluding hydrogens is 392 g/mol. The number of rotatable bonds is 4. The lowest BCUT2D eigenvalue weighted by molar-refractivity contribution is 0.0747. The molecule has 0 spiro atoms. The fourth-order valence-electron chi connectivity index (χ4n) is 3.86. The first-order valence-electron chi connectivity index (χ1n) is 10.2. The van der Waals surface area contributed by atoms with Crippen molar-refractivity contribution in [3.63, 3.8) is 0 Å². The molecule has 3 heterocycles. The van der Waals surface area contributed by atoms with Crippen LogP contribution in [0.15, 0.2) is 67.0 Å². The summed E-state index contributed by atoms with van der Waals surface area (Å²) in [6, 6.07) is 19.3. The maximum Gasteiger partial charge on any atom is 0.253 e. The van der Waals surface area contributed by atoms with E-state index in [1.54, 1.807) is 18.0 Å². The molecule has 1 aliphatic heterocycles. The number of nitrogens with zero attached hydrogens (tertiary/aromatic N) is 6. The van der Waals surface area contributed by atoms with E-state index in [9.17, 15) is 4.79 Å². The van der Waals surface area contributed by atoms with Crippen molar-refractivity contribution in [1.29, 1.82) is 0 Å². The summed E-state index contributed by atoms with van der Waals surface area (Å²) >= 11 is 0. The van der Waals surface area contributed by atoms with Crippen LogP contribution in [0.25, 0.3) is 16.9 Å². The highest BCUT2D eigenvalue weighted by molar-refractivity contribution is 5.94. The molecule has 156 valence electrons. The molecule has 0 saturated carbocycles. The Hall–Kier alpha value is -3.94. The van der Waals surface area contributed by atoms with Crippen LogP contribution in [0.4, 0.5) is 5.69 Å². The van der Waals surface area contributed by atoms with Crippen LogP contribution in [0.3, 0.4) is 0 Å². The summed E-state index contributed by atoms with van der Waals surface area (Å²) in [4.78, 5) is 16.9. The molecule has 31 heavy (non-hydrogen) atoms. The van der Waals surface area contributed by atoms with Crippen molar-refractivity contribution in [1.82, 2.24) is 24.7 Å². The van der Waals surface area contributed by atoms with E-state index in [-0.39, 0.29) is 5.91 Å². The van der Waals surface area contributed by atoms with E-state index in [0.717, 1.165) is 28.3 Å². The van der Waals surface area contributed by atoms with Gasteiger partial charge in [0.1, 0.15) is 12.1 Å². The summed E-state index contributed by atoms with van der Waals surface area (Å²) in [5.41, 5.74) is 4.20. The maximum atomic E-state index is 12.8. The minimum Gasteiger partial charge on any atom is -0.497 e. The van der Waals surface area contributed by atoms with Gasteiger partial charge in [-0.1, -0.05) is 18.2 Å². The monoisotopic (exact) mass is 414 g/mol. The molecule has 1 aliphatic rings. The highest BCUT2D eigenvalue weighted by Gasteiger charge is 2.24. The number of hydrogen-bond donors (Lipinski definition) is 0. The fourth-order valence-corrected chi connectivity index (χ4v) is 3.86. The third kappa shape index (κ3) is 3.68. The first kappa shape index (κ1) is 19.0. The lowest BCUT2D eigenvalue weighted by Crippen LogP contribution is -2.49. The average molecular weight is 414 g/mol. The van der Waals surface area contributed by atoms with Crippen LogP contribution in [0.1, 0.15) is 10.4 Å². The lowest BCUT2D eigenvalue weighted by atomic mass is 10.1. The third-order valence-corrected chi connectivity index (χ3v) is 5.56. The number of ether oxygens (including phenoxy) is 1. The zero-order valence-corrected chi connectivity index (χ0v) is 17.2. The van der Waals surface area contributed by atoms with Gasteiger partial charge in [-0.3, -0.25) is 4.79 Å². The van der Waals surface area contributed by atoms with Gasteiger partial charge in [0.2, 0.25) is 5.65 Å². The number of fused-ring (bicyclic) bond motifs is 1. The lowest BCUT2D eigenvalue weighted by Gasteiger charge is -2.36. The van der Waals surface area contributed by atoms with Gasteiger partial charge in [0.05, 0.1) is 18.5 Å². The van der Waals surface area contributed by atoms with E-state index >= 15 is 0 Å². The van der Waals surface area contributed by atoms with Gasteiger partial charge in [-0.25, -0.2) is 0 Å². The van der Waals surface area contributed by atoms with Crippen LogP contribution in [-0.2, 0) is 0 Å². The summed E-state index contributed by atoms with van der Waals surface area (Å²) in [5.74, 6) is 0.870. The Morgan fingerprint density at radius 1 is 0.968 bits per heavy atom. The molecule has 0 unspecified atom stereocenters. The van der Waals surface area contributed by atoms with Gasteiger partial charge >= 0.3 is 0 Å². The fraction of sp³-hybridized carbons (Fsp3) is 0.217. The van der Waals surface area contributed by atoms with E-state index < -0.39 is 0 Å². The summed E-state index contributed by atoms with van der Waals surface area (Å²) in [6.45, 7) is 2.72. The summed E-state index contributed by atoms with van der Waals surface area (Å²) in [5, 5.41) is 13.0. The second kappa shape index (κ2) is 8.06. The first-order valence-corrected chi connectivity index (χ1v) is 10.2. The summed E-state index contributed by atoms with van der Waals surface area (Å²) in [7, 11) is 1.65. The van der Waals surface area contributed by atoms with Gasteiger partial charge in [-0.2, -0.15) is 9.61 Å². The zero-order valence-electron chi connectivity index (χ0n) is 17.2. The van der Waals surface area contributed by atoms with Crippen molar-refractivity contribution >= 4 is 17.2 Å². The third-order valence-electron chi connectivity index (χ3n) is 5.56. The number of benzene rings is 2. The first-order chi connectivity index (χ1) is 15.2. The Labute approximate surface area is 179 Å². The Balaban J connectivity index is 1.40. The van der Waals surface area contributed by atoms with Crippen LogP contribution >= 0.6 is 0 Å². The average Bonchev–Trinajstić information content (AvgIpc) is 3.32. The maximum absolute atomic E-state index is 12.8. The van der Waals surface area contributed by atoms with E-state index in [1.165, 1.54) is 0 Å². The van der Waals surface area contributed by atoms with Crippen LogP contribution in [0, 0.1) is 0 Å². The van der Waals surface area contributed by atoms with Gasteiger partial charge in [-0.15, -0.1) is 10.2 Å². The molecule has 1 saturated heterocycles. The number of piperazine rings is 1. The van der Waals surface area contributed by atoms with Gasteiger partial charge in [-0.05, 0) is 42.5 Å². The predicted molar refractivity (Wildman–Crippen MR) is 117 cm³/mol. The molecule has 8 heteroatoms. The van der Waals surface area contributed by atoms with Crippen molar-refractivity contribution in [2.45, 2.75) is 0 Å². The normalized spacial score (nSPS) is 14.1. The molecule has 1 amide bonds. The van der Waals surface area contributed by atoms with Crippen LogP contribution in [0.5, 0.6) is 5.75 Å². The molecule has 2 aromatic heterocycles. The molecule has 2 aromatic carbocycles. The minimum absolute atomic E-state index is 0.0709. The molecule has 0 N–H and O–H groups in total.